The van der Waals surface area contributed by atoms with Crippen LogP contribution in [0.1, 0.15) is 12.1 Å². The molecule has 3 rings (SSSR count). The van der Waals surface area contributed by atoms with Crippen molar-refractivity contribution < 1.29 is 4.74 Å². The average Bonchev–Trinajstić information content (AvgIpc) is 3.12. The zero-order chi connectivity index (χ0) is 18.7. The zero-order valence-electron chi connectivity index (χ0n) is 15.1. The van der Waals surface area contributed by atoms with Gasteiger partial charge in [-0.15, -0.1) is 0 Å². The van der Waals surface area contributed by atoms with Crippen LogP contribution in [0.2, 0.25) is 0 Å². The summed E-state index contributed by atoms with van der Waals surface area (Å²) in [7, 11) is 3.74. The molecule has 1 aliphatic heterocycles. The summed E-state index contributed by atoms with van der Waals surface area (Å²) in [6.07, 6.45) is 3.82. The molecule has 26 heavy (non-hydrogen) atoms. The Labute approximate surface area is 153 Å². The first-order valence-corrected chi connectivity index (χ1v) is 8.48. The Kier molecular flexibility index (Phi) is 5.01. The fourth-order valence-corrected chi connectivity index (χ4v) is 3.00. The summed E-state index contributed by atoms with van der Waals surface area (Å²) in [5.41, 5.74) is 20.9. The molecule has 0 aliphatic carbocycles. The third kappa shape index (κ3) is 3.74. The number of benzene rings is 1. The molecule has 1 aromatic heterocycles. The summed E-state index contributed by atoms with van der Waals surface area (Å²) in [6.45, 7) is 1.74. The van der Waals surface area contributed by atoms with Crippen LogP contribution in [-0.2, 0) is 6.42 Å². The normalized spacial score (nSPS) is 13.6. The molecule has 0 unspecified atom stereocenters. The molecule has 138 valence electrons. The van der Waals surface area contributed by atoms with Crippen LogP contribution in [0.4, 0.5) is 23.1 Å². The molecule has 0 fully saturated rings. The van der Waals surface area contributed by atoms with Crippen LogP contribution in [-0.4, -0.2) is 42.1 Å². The predicted molar refractivity (Wildman–Crippen MR) is 105 cm³/mol. The molecule has 0 amide bonds. The SMILES string of the molecule is COc1ccc(N(C)C2=CN(CCc3nc(N)nc(N)c3N)CC2)cc1. The van der Waals surface area contributed by atoms with Crippen molar-refractivity contribution in [3.8, 4) is 5.75 Å². The smallest absolute Gasteiger partial charge is 0.222 e. The second kappa shape index (κ2) is 7.38. The molecule has 0 saturated heterocycles. The summed E-state index contributed by atoms with van der Waals surface area (Å²) in [4.78, 5) is 12.5. The topological polar surface area (TPSA) is 120 Å². The Bertz CT molecular complexity index is 804. The van der Waals surface area contributed by atoms with E-state index in [1.807, 2.05) is 12.1 Å². The van der Waals surface area contributed by atoms with E-state index in [1.165, 1.54) is 5.70 Å². The van der Waals surface area contributed by atoms with Crippen molar-refractivity contribution >= 4 is 23.1 Å². The number of nitrogens with zero attached hydrogens (tertiary/aromatic N) is 4. The minimum Gasteiger partial charge on any atom is -0.497 e. The molecule has 2 aromatic rings. The maximum absolute atomic E-state index is 5.95. The molecule has 8 heteroatoms. The molecule has 6 N–H and O–H groups in total. The van der Waals surface area contributed by atoms with Gasteiger partial charge in [-0.2, -0.15) is 4.98 Å². The molecule has 1 aromatic carbocycles. The molecule has 2 heterocycles. The van der Waals surface area contributed by atoms with Crippen LogP contribution in [0.3, 0.4) is 0 Å². The van der Waals surface area contributed by atoms with Crippen LogP contribution >= 0.6 is 0 Å². The Balaban J connectivity index is 1.64. The van der Waals surface area contributed by atoms with Crippen LogP contribution in [0.5, 0.6) is 5.75 Å². The van der Waals surface area contributed by atoms with E-state index in [4.69, 9.17) is 21.9 Å². The van der Waals surface area contributed by atoms with Gasteiger partial charge in [0.05, 0.1) is 18.5 Å². The van der Waals surface area contributed by atoms with Gasteiger partial charge >= 0.3 is 0 Å². The number of nitrogens with two attached hydrogens (primary N) is 3. The van der Waals surface area contributed by atoms with E-state index in [1.54, 1.807) is 7.11 Å². The Morgan fingerprint density at radius 2 is 1.88 bits per heavy atom. The Morgan fingerprint density at radius 1 is 1.15 bits per heavy atom. The highest BCUT2D eigenvalue weighted by Gasteiger charge is 2.17. The highest BCUT2D eigenvalue weighted by atomic mass is 16.5. The van der Waals surface area contributed by atoms with E-state index in [0.717, 1.165) is 30.9 Å². The van der Waals surface area contributed by atoms with E-state index in [-0.39, 0.29) is 11.8 Å². The largest absolute Gasteiger partial charge is 0.497 e. The maximum Gasteiger partial charge on any atom is 0.222 e. The van der Waals surface area contributed by atoms with Gasteiger partial charge in [-0.25, -0.2) is 4.98 Å². The number of rotatable bonds is 6. The van der Waals surface area contributed by atoms with Gasteiger partial charge in [-0.05, 0) is 24.3 Å². The van der Waals surface area contributed by atoms with Crippen molar-refractivity contribution in [1.82, 2.24) is 14.9 Å². The third-order valence-corrected chi connectivity index (χ3v) is 4.58. The highest BCUT2D eigenvalue weighted by Crippen LogP contribution is 2.26. The van der Waals surface area contributed by atoms with Gasteiger partial charge in [0.2, 0.25) is 5.95 Å². The minimum atomic E-state index is 0.156. The van der Waals surface area contributed by atoms with Crippen LogP contribution in [0.25, 0.3) is 0 Å². The lowest BCUT2D eigenvalue weighted by Crippen LogP contribution is -2.19. The second-order valence-corrected chi connectivity index (χ2v) is 6.24. The summed E-state index contributed by atoms with van der Waals surface area (Å²) in [5.74, 6) is 1.25. The number of ether oxygens (including phenoxy) is 1. The van der Waals surface area contributed by atoms with E-state index >= 15 is 0 Å². The van der Waals surface area contributed by atoms with E-state index in [9.17, 15) is 0 Å². The first-order chi connectivity index (χ1) is 12.5. The van der Waals surface area contributed by atoms with Gasteiger partial charge in [0.1, 0.15) is 5.75 Å². The minimum absolute atomic E-state index is 0.156. The van der Waals surface area contributed by atoms with Crippen LogP contribution in [0.15, 0.2) is 36.2 Å². The van der Waals surface area contributed by atoms with Gasteiger partial charge in [0.25, 0.3) is 0 Å². The van der Waals surface area contributed by atoms with Gasteiger partial charge in [0.15, 0.2) is 5.82 Å². The van der Waals surface area contributed by atoms with Crippen molar-refractivity contribution in [3.63, 3.8) is 0 Å². The lowest BCUT2D eigenvalue weighted by Gasteiger charge is -2.20. The van der Waals surface area contributed by atoms with Gasteiger partial charge < -0.3 is 31.7 Å². The van der Waals surface area contributed by atoms with Gasteiger partial charge in [-0.1, -0.05) is 0 Å². The number of hydrogen-bond donors (Lipinski definition) is 3. The lowest BCUT2D eigenvalue weighted by atomic mass is 10.2. The summed E-state index contributed by atoms with van der Waals surface area (Å²) >= 11 is 0. The number of anilines is 4. The average molecular weight is 355 g/mol. The van der Waals surface area contributed by atoms with Crippen molar-refractivity contribution in [2.45, 2.75) is 12.8 Å². The first kappa shape index (κ1) is 17.7. The molecule has 0 atom stereocenters. The summed E-state index contributed by atoms with van der Waals surface area (Å²) in [6, 6.07) is 8.03. The first-order valence-electron chi connectivity index (χ1n) is 8.48. The van der Waals surface area contributed by atoms with E-state index in [2.05, 4.69) is 45.1 Å². The monoisotopic (exact) mass is 355 g/mol. The quantitative estimate of drug-likeness (QED) is 0.712. The van der Waals surface area contributed by atoms with Crippen molar-refractivity contribution in [2.24, 2.45) is 0 Å². The van der Waals surface area contributed by atoms with Crippen LogP contribution < -0.4 is 26.8 Å². The number of methoxy groups -OCH3 is 1. The predicted octanol–water partition coefficient (Wildman–Crippen LogP) is 1.46. The molecule has 0 radical (unpaired) electrons. The molecule has 0 bridgehead atoms. The number of aromatic nitrogens is 2. The summed E-state index contributed by atoms with van der Waals surface area (Å²) in [5, 5.41) is 0. The molecule has 8 nitrogen and oxygen atoms in total. The van der Waals surface area contributed by atoms with E-state index < -0.39 is 0 Å². The van der Waals surface area contributed by atoms with Gasteiger partial charge in [0, 0.05) is 50.6 Å². The van der Waals surface area contributed by atoms with Crippen molar-refractivity contribution in [1.29, 1.82) is 0 Å². The molecular formula is C18H25N7O. The summed E-state index contributed by atoms with van der Waals surface area (Å²) < 4.78 is 5.21. The highest BCUT2D eigenvalue weighted by molar-refractivity contribution is 5.62. The zero-order valence-corrected chi connectivity index (χ0v) is 15.1. The molecule has 0 saturated carbocycles. The Hall–Kier alpha value is -3.16. The fourth-order valence-electron chi connectivity index (χ4n) is 3.00. The molecular weight excluding hydrogens is 330 g/mol. The van der Waals surface area contributed by atoms with Crippen LogP contribution in [0, 0.1) is 0 Å². The van der Waals surface area contributed by atoms with Crippen molar-refractivity contribution in [2.75, 3.05) is 49.3 Å². The fraction of sp³-hybridized carbons (Fsp3) is 0.333. The molecule has 0 spiro atoms. The third-order valence-electron chi connectivity index (χ3n) is 4.58. The second-order valence-electron chi connectivity index (χ2n) is 6.24. The van der Waals surface area contributed by atoms with Gasteiger partial charge in [-0.3, -0.25) is 0 Å². The van der Waals surface area contributed by atoms with Crippen molar-refractivity contribution in [3.05, 3.63) is 41.9 Å². The van der Waals surface area contributed by atoms with E-state index in [0.29, 0.717) is 17.8 Å². The maximum atomic E-state index is 5.95. The number of hydrogen-bond acceptors (Lipinski definition) is 8. The number of nitrogen functional groups attached to an aromatic ring is 3. The lowest BCUT2D eigenvalue weighted by molar-refractivity contribution is 0.409. The standard InChI is InChI=1S/C18H25N7O/c1-24(12-3-5-14(26-2)6-4-12)13-7-9-25(11-13)10-8-15-16(19)17(20)23-18(21)22-15/h3-6,11H,7-10,19H2,1-2H3,(H4,20,21,22,23). The Morgan fingerprint density at radius 3 is 2.58 bits per heavy atom. The molecule has 1 aliphatic rings.